The van der Waals surface area contributed by atoms with Gasteiger partial charge in [0, 0.05) is 17.8 Å². The monoisotopic (exact) mass is 212 g/mol. The van der Waals surface area contributed by atoms with Crippen molar-refractivity contribution >= 4 is 19.7 Å². The minimum atomic E-state index is -3.41. The summed E-state index contributed by atoms with van der Waals surface area (Å²) in [6.45, 7) is 0. The summed E-state index contributed by atoms with van der Waals surface area (Å²) in [4.78, 5) is 0. The van der Waals surface area contributed by atoms with Crippen LogP contribution in [0.15, 0.2) is 0 Å². The molecule has 0 aromatic rings. The van der Waals surface area contributed by atoms with Crippen molar-refractivity contribution in [2.45, 2.75) is 25.4 Å². The average molecular weight is 213 g/mol. The van der Waals surface area contributed by atoms with Crippen molar-refractivity contribution in [3.63, 3.8) is 0 Å². The Morgan fingerprint density at radius 3 is 2.42 bits per heavy atom. The second kappa shape index (κ2) is 3.94. The molecule has 0 radical (unpaired) electrons. The molecule has 72 valence electrons. The zero-order valence-electron chi connectivity index (χ0n) is 6.99. The molecule has 12 heavy (non-hydrogen) atoms. The summed E-state index contributed by atoms with van der Waals surface area (Å²) in [7, 11) is 3.25. The van der Waals surface area contributed by atoms with Crippen molar-refractivity contribution < 1.29 is 13.2 Å². The van der Waals surface area contributed by atoms with Gasteiger partial charge in [0.25, 0.3) is 0 Å². The summed E-state index contributed by atoms with van der Waals surface area (Å²) in [6, 6.07) is 0. The van der Waals surface area contributed by atoms with Gasteiger partial charge in [-0.25, -0.2) is 8.42 Å². The number of hydrogen-bond donors (Lipinski definition) is 0. The third-order valence-corrected chi connectivity index (χ3v) is 3.45. The van der Waals surface area contributed by atoms with Crippen LogP contribution in [-0.4, -0.2) is 27.4 Å². The van der Waals surface area contributed by atoms with Crippen LogP contribution in [0.5, 0.6) is 0 Å². The summed E-state index contributed by atoms with van der Waals surface area (Å²) in [6.07, 6.45) is 3.09. The molecule has 1 aliphatic rings. The Hall–Kier alpha value is 0.200. The topological polar surface area (TPSA) is 43.4 Å². The maximum absolute atomic E-state index is 10.7. The highest BCUT2D eigenvalue weighted by Crippen LogP contribution is 2.31. The van der Waals surface area contributed by atoms with Gasteiger partial charge in [-0.3, -0.25) is 0 Å². The molecule has 0 spiro atoms. The van der Waals surface area contributed by atoms with Crippen molar-refractivity contribution in [1.29, 1.82) is 0 Å². The summed E-state index contributed by atoms with van der Waals surface area (Å²) < 4.78 is 26.5. The van der Waals surface area contributed by atoms with Crippen molar-refractivity contribution in [1.82, 2.24) is 0 Å². The van der Waals surface area contributed by atoms with E-state index in [4.69, 9.17) is 15.4 Å². The summed E-state index contributed by atoms with van der Waals surface area (Å²) >= 11 is 0. The van der Waals surface area contributed by atoms with E-state index < -0.39 is 9.05 Å². The maximum atomic E-state index is 10.7. The van der Waals surface area contributed by atoms with Crippen LogP contribution in [0.4, 0.5) is 0 Å². The van der Waals surface area contributed by atoms with E-state index in [9.17, 15) is 8.42 Å². The van der Waals surface area contributed by atoms with Crippen LogP contribution in [0.3, 0.4) is 0 Å². The van der Waals surface area contributed by atoms with Gasteiger partial charge in [-0.05, 0) is 18.8 Å². The van der Waals surface area contributed by atoms with E-state index in [0.717, 1.165) is 12.8 Å². The van der Waals surface area contributed by atoms with E-state index in [0.29, 0.717) is 5.92 Å². The number of hydrogen-bond acceptors (Lipinski definition) is 3. The fourth-order valence-corrected chi connectivity index (χ4v) is 2.58. The quantitative estimate of drug-likeness (QED) is 0.662. The molecule has 1 fully saturated rings. The largest absolute Gasteiger partial charge is 0.380 e. The predicted molar refractivity (Wildman–Crippen MR) is 47.8 cm³/mol. The molecule has 1 saturated carbocycles. The molecule has 0 N–H and O–H groups in total. The Bertz CT molecular complexity index is 233. The lowest BCUT2D eigenvalue weighted by molar-refractivity contribution is 0.0356. The van der Waals surface area contributed by atoms with Gasteiger partial charge < -0.3 is 4.74 Å². The van der Waals surface area contributed by atoms with E-state index >= 15 is 0 Å². The van der Waals surface area contributed by atoms with E-state index in [1.807, 2.05) is 0 Å². The summed E-state index contributed by atoms with van der Waals surface area (Å²) in [5, 5.41) is 0. The van der Waals surface area contributed by atoms with Gasteiger partial charge in [-0.2, -0.15) is 0 Å². The van der Waals surface area contributed by atoms with E-state index in [1.54, 1.807) is 0 Å². The Morgan fingerprint density at radius 1 is 1.58 bits per heavy atom. The highest BCUT2D eigenvalue weighted by Gasteiger charge is 2.30. The van der Waals surface area contributed by atoms with Crippen LogP contribution < -0.4 is 0 Å². The van der Waals surface area contributed by atoms with Gasteiger partial charge in [-0.1, -0.05) is 6.42 Å². The van der Waals surface area contributed by atoms with Crippen LogP contribution in [0.1, 0.15) is 19.3 Å². The lowest BCUT2D eigenvalue weighted by atomic mass is 9.82. The standard InChI is InChI=1S/C7H13ClO3S/c1-11-7(5-12(8,9)10)6-3-2-4-6/h6-7H,2-5H2,1H3/t7-/m0/s1. The minimum absolute atomic E-state index is 0.0598. The van der Waals surface area contributed by atoms with Gasteiger partial charge >= 0.3 is 0 Å². The predicted octanol–water partition coefficient (Wildman–Crippen LogP) is 1.37. The van der Waals surface area contributed by atoms with Crippen molar-refractivity contribution in [3.05, 3.63) is 0 Å². The Balaban J connectivity index is 2.45. The Morgan fingerprint density at radius 2 is 2.17 bits per heavy atom. The van der Waals surface area contributed by atoms with E-state index in [1.165, 1.54) is 13.5 Å². The molecule has 0 bridgehead atoms. The lowest BCUT2D eigenvalue weighted by Crippen LogP contribution is -2.33. The summed E-state index contributed by atoms with van der Waals surface area (Å²) in [5.74, 6) is 0.332. The molecule has 3 nitrogen and oxygen atoms in total. The first-order chi connectivity index (χ1) is 5.53. The molecule has 0 aromatic carbocycles. The van der Waals surface area contributed by atoms with Crippen LogP contribution in [-0.2, 0) is 13.8 Å². The second-order valence-electron chi connectivity index (χ2n) is 3.17. The highest BCUT2D eigenvalue weighted by molar-refractivity contribution is 8.13. The number of rotatable bonds is 4. The molecule has 0 saturated heterocycles. The van der Waals surface area contributed by atoms with Gasteiger partial charge in [0.05, 0.1) is 11.9 Å². The minimum Gasteiger partial charge on any atom is -0.380 e. The van der Waals surface area contributed by atoms with Crippen LogP contribution in [0, 0.1) is 5.92 Å². The highest BCUT2D eigenvalue weighted by atomic mass is 35.7. The molecular weight excluding hydrogens is 200 g/mol. The van der Waals surface area contributed by atoms with E-state index in [-0.39, 0.29) is 11.9 Å². The molecular formula is C7H13ClO3S. The van der Waals surface area contributed by atoms with Crippen molar-refractivity contribution in [2.75, 3.05) is 12.9 Å². The zero-order valence-corrected chi connectivity index (χ0v) is 8.57. The van der Waals surface area contributed by atoms with Gasteiger partial charge in [0.2, 0.25) is 9.05 Å². The SMILES string of the molecule is CO[C@@H](CS(=O)(=O)Cl)C1CCC1. The smallest absolute Gasteiger partial charge is 0.235 e. The van der Waals surface area contributed by atoms with Crippen molar-refractivity contribution in [2.24, 2.45) is 5.92 Å². The third-order valence-electron chi connectivity index (χ3n) is 2.34. The first-order valence-corrected chi connectivity index (χ1v) is 6.46. The first kappa shape index (κ1) is 10.3. The molecule has 0 amide bonds. The number of ether oxygens (including phenoxy) is 1. The lowest BCUT2D eigenvalue weighted by Gasteiger charge is -2.31. The third kappa shape index (κ3) is 2.92. The number of halogens is 1. The zero-order chi connectivity index (χ0) is 9.19. The molecule has 0 unspecified atom stereocenters. The molecule has 1 rings (SSSR count). The summed E-state index contributed by atoms with van der Waals surface area (Å²) in [5.41, 5.74) is 0. The Labute approximate surface area is 77.5 Å². The van der Waals surface area contributed by atoms with Crippen LogP contribution in [0.25, 0.3) is 0 Å². The Kier molecular flexibility index (Phi) is 3.37. The van der Waals surface area contributed by atoms with E-state index in [2.05, 4.69) is 0 Å². The van der Waals surface area contributed by atoms with Crippen molar-refractivity contribution in [3.8, 4) is 0 Å². The van der Waals surface area contributed by atoms with Gasteiger partial charge in [-0.15, -0.1) is 0 Å². The maximum Gasteiger partial charge on any atom is 0.235 e. The molecule has 0 heterocycles. The molecule has 1 aliphatic carbocycles. The van der Waals surface area contributed by atoms with Gasteiger partial charge in [0.15, 0.2) is 0 Å². The molecule has 1 atom stereocenters. The fraction of sp³-hybridized carbons (Fsp3) is 1.00. The fourth-order valence-electron chi connectivity index (χ4n) is 1.40. The average Bonchev–Trinajstić information content (AvgIpc) is 1.79. The second-order valence-corrected chi connectivity index (χ2v) is 5.99. The molecule has 5 heteroatoms. The molecule has 0 aliphatic heterocycles. The van der Waals surface area contributed by atoms with Crippen LogP contribution >= 0.6 is 10.7 Å². The normalized spacial score (nSPS) is 21.8. The number of methoxy groups -OCH3 is 1. The first-order valence-electron chi connectivity index (χ1n) is 3.98. The van der Waals surface area contributed by atoms with Crippen LogP contribution in [0.2, 0.25) is 0 Å². The van der Waals surface area contributed by atoms with Gasteiger partial charge in [0.1, 0.15) is 0 Å². The molecule has 0 aromatic heterocycles.